The number of rotatable bonds is 38. The Kier molecular flexibility index (Phi) is 33.9. The number of furan rings is 1. The minimum Gasteiger partial charge on any atom is -0.466 e. The SMILES string of the molecule is CC/C=C\C[C@@H](O)/C=C/C=C\C=C\[C@@H](O)C/C=C\C/C=C\CCC(=O)OC[C@H](COP(=O)(O)OCCN)OC(=O)CCCCCCCCCCc1oc(CCCCC)c(C)c1C. The molecule has 0 aliphatic heterocycles. The Morgan fingerprint density at radius 3 is 1.85 bits per heavy atom. The van der Waals surface area contributed by atoms with Gasteiger partial charge < -0.3 is 34.7 Å². The topological polar surface area (TPSA) is 188 Å². The molecule has 0 saturated carbocycles. The van der Waals surface area contributed by atoms with Crippen LogP contribution in [0.4, 0.5) is 0 Å². The van der Waals surface area contributed by atoms with Gasteiger partial charge in [-0.25, -0.2) is 4.57 Å². The van der Waals surface area contributed by atoms with Crippen molar-refractivity contribution in [1.29, 1.82) is 0 Å². The van der Waals surface area contributed by atoms with E-state index in [1.807, 2.05) is 43.4 Å². The molecule has 1 heterocycles. The highest BCUT2D eigenvalue weighted by Gasteiger charge is 2.26. The average Bonchev–Trinajstić information content (AvgIpc) is 3.51. The van der Waals surface area contributed by atoms with Crippen LogP contribution in [0.25, 0.3) is 0 Å². The van der Waals surface area contributed by atoms with Gasteiger partial charge in [0.15, 0.2) is 6.10 Å². The predicted molar refractivity (Wildman–Crippen MR) is 249 cm³/mol. The zero-order valence-corrected chi connectivity index (χ0v) is 39.2. The number of aryl methyl sites for hydroxylation is 2. The number of phosphoric acid groups is 1. The first-order chi connectivity index (χ1) is 29.9. The summed E-state index contributed by atoms with van der Waals surface area (Å²) in [5.74, 6) is 1.28. The summed E-state index contributed by atoms with van der Waals surface area (Å²) in [6.07, 6.45) is 36.9. The second-order valence-electron chi connectivity index (χ2n) is 15.5. The van der Waals surface area contributed by atoms with E-state index in [2.05, 4.69) is 20.8 Å². The molecule has 1 rings (SSSR count). The lowest BCUT2D eigenvalue weighted by molar-refractivity contribution is -0.161. The molecule has 1 unspecified atom stereocenters. The minimum atomic E-state index is -4.44. The second kappa shape index (κ2) is 37.1. The van der Waals surface area contributed by atoms with Gasteiger partial charge in [0.25, 0.3) is 0 Å². The molecule has 0 spiro atoms. The fraction of sp³-hybridized carbons (Fsp3) is 0.633. The Labute approximate surface area is 373 Å². The maximum atomic E-state index is 12.7. The van der Waals surface area contributed by atoms with E-state index < -0.39 is 44.7 Å². The van der Waals surface area contributed by atoms with Crippen LogP contribution in [0.1, 0.15) is 152 Å². The standard InChI is InChI=1S/C49H80NO11P/c1-5-7-21-29-43(51)31-24-19-20-25-32-44(52)30-23-15-13-14-17-27-35-48(53)57-39-45(40-59-62(55,56)58-38-37-50)60-49(54)36-28-18-12-10-9-11-16-26-34-47-42(4)41(3)46(61-47)33-22-8-6-2/h7,14-15,17,19-21,23-25,31-32,43-45,51-52H,5-6,8-13,16,18,22,26-30,33-40,50H2,1-4H3,(H,55,56)/b17-14-,20-19-,21-7-,23-15-,31-24+,32-25+/t43-,44+,45-/m1/s1. The zero-order chi connectivity index (χ0) is 45.7. The molecule has 4 atom stereocenters. The van der Waals surface area contributed by atoms with Crippen molar-refractivity contribution in [2.24, 2.45) is 5.73 Å². The van der Waals surface area contributed by atoms with Crippen molar-refractivity contribution in [3.05, 3.63) is 95.6 Å². The molecule has 0 aliphatic carbocycles. The summed E-state index contributed by atoms with van der Waals surface area (Å²) in [4.78, 5) is 35.0. The Morgan fingerprint density at radius 2 is 1.26 bits per heavy atom. The second-order valence-corrected chi connectivity index (χ2v) is 17.0. The quantitative estimate of drug-likeness (QED) is 0.0162. The van der Waals surface area contributed by atoms with Gasteiger partial charge in [-0.15, -0.1) is 0 Å². The van der Waals surface area contributed by atoms with Crippen LogP contribution in [0.15, 0.2) is 77.3 Å². The molecule has 13 heteroatoms. The number of allylic oxidation sites excluding steroid dienone is 8. The first-order valence-electron chi connectivity index (χ1n) is 23.0. The zero-order valence-electron chi connectivity index (χ0n) is 38.3. The predicted octanol–water partition coefficient (Wildman–Crippen LogP) is 10.6. The number of esters is 2. The number of ether oxygens (including phenoxy) is 2. The molecule has 62 heavy (non-hydrogen) atoms. The van der Waals surface area contributed by atoms with E-state index in [1.165, 1.54) is 30.4 Å². The van der Waals surface area contributed by atoms with Gasteiger partial charge in [0.1, 0.15) is 18.1 Å². The molecule has 1 aromatic heterocycles. The lowest BCUT2D eigenvalue weighted by atomic mass is 10.0. The third kappa shape index (κ3) is 30.7. The fourth-order valence-electron chi connectivity index (χ4n) is 6.25. The van der Waals surface area contributed by atoms with Crippen molar-refractivity contribution < 1.29 is 52.2 Å². The van der Waals surface area contributed by atoms with Gasteiger partial charge in [-0.2, -0.15) is 0 Å². The van der Waals surface area contributed by atoms with E-state index in [0.29, 0.717) is 32.1 Å². The van der Waals surface area contributed by atoms with Gasteiger partial charge in [0.2, 0.25) is 0 Å². The van der Waals surface area contributed by atoms with Crippen LogP contribution in [0.3, 0.4) is 0 Å². The summed E-state index contributed by atoms with van der Waals surface area (Å²) >= 11 is 0. The number of aliphatic hydroxyl groups is 2. The Hall–Kier alpha value is -3.35. The number of unbranched alkanes of at least 4 members (excludes halogenated alkanes) is 9. The minimum absolute atomic E-state index is 0.0171. The summed E-state index contributed by atoms with van der Waals surface area (Å²) in [7, 11) is -4.44. The normalized spacial score (nSPS) is 14.9. The van der Waals surface area contributed by atoms with Crippen LogP contribution < -0.4 is 5.73 Å². The monoisotopic (exact) mass is 890 g/mol. The first-order valence-corrected chi connectivity index (χ1v) is 24.5. The third-order valence-electron chi connectivity index (χ3n) is 9.99. The van der Waals surface area contributed by atoms with Gasteiger partial charge in [0.05, 0.1) is 25.4 Å². The van der Waals surface area contributed by atoms with Gasteiger partial charge in [-0.3, -0.25) is 18.6 Å². The van der Waals surface area contributed by atoms with Gasteiger partial charge in [-0.05, 0) is 76.3 Å². The van der Waals surface area contributed by atoms with Crippen LogP contribution in [0.5, 0.6) is 0 Å². The molecule has 1 aromatic rings. The summed E-state index contributed by atoms with van der Waals surface area (Å²) in [6.45, 7) is 7.60. The van der Waals surface area contributed by atoms with E-state index >= 15 is 0 Å². The Bertz CT molecular complexity index is 1560. The van der Waals surface area contributed by atoms with Crippen LogP contribution in [0.2, 0.25) is 0 Å². The Balaban J connectivity index is 2.35. The number of hydrogen-bond acceptors (Lipinski definition) is 11. The lowest BCUT2D eigenvalue weighted by Crippen LogP contribution is -2.29. The molecular formula is C49H80NO11P. The van der Waals surface area contributed by atoms with Crippen LogP contribution >= 0.6 is 7.82 Å². The number of hydrogen-bond donors (Lipinski definition) is 4. The smallest absolute Gasteiger partial charge is 0.466 e. The van der Waals surface area contributed by atoms with Crippen LogP contribution in [-0.2, 0) is 45.5 Å². The van der Waals surface area contributed by atoms with Gasteiger partial charge >= 0.3 is 19.8 Å². The van der Waals surface area contributed by atoms with E-state index in [0.717, 1.165) is 75.7 Å². The average molecular weight is 890 g/mol. The molecule has 0 amide bonds. The molecule has 5 N–H and O–H groups in total. The van der Waals surface area contributed by atoms with Crippen molar-refractivity contribution in [3.8, 4) is 0 Å². The van der Waals surface area contributed by atoms with Gasteiger partial charge in [0, 0.05) is 32.2 Å². The van der Waals surface area contributed by atoms with Crippen molar-refractivity contribution in [2.45, 2.75) is 174 Å². The molecule has 0 radical (unpaired) electrons. The van der Waals surface area contributed by atoms with Crippen LogP contribution in [-0.4, -0.2) is 71.7 Å². The highest BCUT2D eigenvalue weighted by atomic mass is 31.2. The first kappa shape index (κ1) is 56.7. The van der Waals surface area contributed by atoms with Crippen molar-refractivity contribution >= 4 is 19.8 Å². The van der Waals surface area contributed by atoms with E-state index in [4.69, 9.17) is 28.7 Å². The number of phosphoric ester groups is 1. The molecule has 352 valence electrons. The maximum absolute atomic E-state index is 12.7. The summed E-state index contributed by atoms with van der Waals surface area (Å²) in [5, 5.41) is 20.0. The maximum Gasteiger partial charge on any atom is 0.472 e. The van der Waals surface area contributed by atoms with Crippen molar-refractivity contribution in [3.63, 3.8) is 0 Å². The Morgan fingerprint density at radius 1 is 0.694 bits per heavy atom. The number of nitrogens with two attached hydrogens (primary N) is 1. The number of carbonyl (C=O) groups excluding carboxylic acids is 2. The molecule has 0 aliphatic rings. The summed E-state index contributed by atoms with van der Waals surface area (Å²) < 4.78 is 39.0. The molecule has 0 aromatic carbocycles. The highest BCUT2D eigenvalue weighted by Crippen LogP contribution is 2.43. The lowest BCUT2D eigenvalue weighted by Gasteiger charge is -2.19. The summed E-state index contributed by atoms with van der Waals surface area (Å²) in [6, 6.07) is 0. The molecule has 12 nitrogen and oxygen atoms in total. The molecule has 0 saturated heterocycles. The van der Waals surface area contributed by atoms with E-state index in [1.54, 1.807) is 36.5 Å². The molecular weight excluding hydrogens is 810 g/mol. The van der Waals surface area contributed by atoms with Gasteiger partial charge in [-0.1, -0.05) is 138 Å². The van der Waals surface area contributed by atoms with Crippen LogP contribution in [0, 0.1) is 13.8 Å². The summed E-state index contributed by atoms with van der Waals surface area (Å²) in [5.41, 5.74) is 7.97. The van der Waals surface area contributed by atoms with E-state index in [-0.39, 0.29) is 32.6 Å². The van der Waals surface area contributed by atoms with Crippen molar-refractivity contribution in [1.82, 2.24) is 0 Å². The molecule has 0 bridgehead atoms. The fourth-order valence-corrected chi connectivity index (χ4v) is 7.01. The van der Waals surface area contributed by atoms with Crippen molar-refractivity contribution in [2.75, 3.05) is 26.4 Å². The number of aliphatic hydroxyl groups excluding tert-OH is 2. The third-order valence-corrected chi connectivity index (χ3v) is 11.0. The number of carbonyl (C=O) groups is 2. The highest BCUT2D eigenvalue weighted by molar-refractivity contribution is 7.47. The molecule has 0 fully saturated rings. The largest absolute Gasteiger partial charge is 0.472 e. The van der Waals surface area contributed by atoms with E-state index in [9.17, 15) is 29.3 Å².